The van der Waals surface area contributed by atoms with Gasteiger partial charge in [-0.25, -0.2) is 0 Å². The van der Waals surface area contributed by atoms with E-state index in [1.807, 2.05) is 30.3 Å². The van der Waals surface area contributed by atoms with Crippen LogP contribution in [0.4, 0.5) is 4.79 Å². The molecule has 128 valence electrons. The van der Waals surface area contributed by atoms with Gasteiger partial charge in [-0.15, -0.1) is 0 Å². The van der Waals surface area contributed by atoms with Gasteiger partial charge in [0.05, 0.1) is 11.5 Å². The van der Waals surface area contributed by atoms with Crippen molar-refractivity contribution in [2.24, 2.45) is 0 Å². The number of carbonyl (C=O) groups excluding carboxylic acids is 2. The van der Waals surface area contributed by atoms with E-state index in [4.69, 9.17) is 4.74 Å². The number of carbonyl (C=O) groups is 2. The number of nitrogens with one attached hydrogen (secondary N) is 1. The SMILES string of the molecule is CCc1cccnc1CCOc1ccc(C=C2SC(=O)NC2=O)cc1. The maximum absolute atomic E-state index is 11.5. The van der Waals surface area contributed by atoms with Crippen molar-refractivity contribution in [3.05, 3.63) is 64.3 Å². The molecule has 2 amide bonds. The Labute approximate surface area is 150 Å². The van der Waals surface area contributed by atoms with E-state index in [0.29, 0.717) is 11.5 Å². The molecule has 1 aromatic heterocycles. The topological polar surface area (TPSA) is 68.3 Å². The summed E-state index contributed by atoms with van der Waals surface area (Å²) in [5.41, 5.74) is 3.16. The van der Waals surface area contributed by atoms with Crippen molar-refractivity contribution in [2.75, 3.05) is 6.61 Å². The van der Waals surface area contributed by atoms with E-state index in [2.05, 4.69) is 23.3 Å². The van der Waals surface area contributed by atoms with Gasteiger partial charge in [0, 0.05) is 18.3 Å². The predicted octanol–water partition coefficient (Wildman–Crippen LogP) is 3.59. The average molecular weight is 354 g/mol. The molecule has 1 aliphatic heterocycles. The van der Waals surface area contributed by atoms with Gasteiger partial charge in [0.25, 0.3) is 11.1 Å². The van der Waals surface area contributed by atoms with Crippen molar-refractivity contribution in [2.45, 2.75) is 19.8 Å². The fraction of sp³-hybridized carbons (Fsp3) is 0.211. The summed E-state index contributed by atoms with van der Waals surface area (Å²) in [4.78, 5) is 27.5. The highest BCUT2D eigenvalue weighted by molar-refractivity contribution is 8.18. The number of hydrogen-bond donors (Lipinski definition) is 1. The van der Waals surface area contributed by atoms with Gasteiger partial charge in [0.2, 0.25) is 0 Å². The fourth-order valence-corrected chi connectivity index (χ4v) is 3.20. The minimum atomic E-state index is -0.350. The quantitative estimate of drug-likeness (QED) is 0.803. The summed E-state index contributed by atoms with van der Waals surface area (Å²) in [6.07, 6.45) is 5.21. The molecular formula is C19H18N2O3S. The minimum Gasteiger partial charge on any atom is -0.493 e. The first kappa shape index (κ1) is 17.2. The third-order valence-corrected chi connectivity index (χ3v) is 4.60. The smallest absolute Gasteiger partial charge is 0.290 e. The van der Waals surface area contributed by atoms with Gasteiger partial charge in [-0.1, -0.05) is 25.1 Å². The van der Waals surface area contributed by atoms with Crippen LogP contribution in [0, 0.1) is 0 Å². The summed E-state index contributed by atoms with van der Waals surface area (Å²) in [7, 11) is 0. The largest absolute Gasteiger partial charge is 0.493 e. The fourth-order valence-electron chi connectivity index (χ4n) is 2.52. The van der Waals surface area contributed by atoms with Crippen LogP contribution in [0.1, 0.15) is 23.7 Å². The molecule has 25 heavy (non-hydrogen) atoms. The third kappa shape index (κ3) is 4.48. The molecule has 1 saturated heterocycles. The first-order chi connectivity index (χ1) is 12.2. The highest BCUT2D eigenvalue weighted by Gasteiger charge is 2.24. The Hall–Kier alpha value is -2.60. The zero-order valence-corrected chi connectivity index (χ0v) is 14.6. The maximum atomic E-state index is 11.5. The summed E-state index contributed by atoms with van der Waals surface area (Å²) in [5, 5.41) is 1.90. The van der Waals surface area contributed by atoms with Crippen molar-refractivity contribution in [1.29, 1.82) is 0 Å². The number of amides is 2. The number of aromatic nitrogens is 1. The summed E-state index contributed by atoms with van der Waals surface area (Å²) in [5.74, 6) is 0.410. The van der Waals surface area contributed by atoms with Crippen molar-refractivity contribution >= 4 is 29.0 Å². The van der Waals surface area contributed by atoms with Crippen molar-refractivity contribution in [1.82, 2.24) is 10.3 Å². The number of rotatable bonds is 6. The lowest BCUT2D eigenvalue weighted by molar-refractivity contribution is -0.115. The molecule has 5 nitrogen and oxygen atoms in total. The number of benzene rings is 1. The van der Waals surface area contributed by atoms with Crippen LogP contribution in [-0.2, 0) is 17.6 Å². The number of pyridine rings is 1. The number of hydrogen-bond acceptors (Lipinski definition) is 5. The zero-order valence-electron chi connectivity index (χ0n) is 13.8. The summed E-state index contributed by atoms with van der Waals surface area (Å²) in [6.45, 7) is 2.67. The van der Waals surface area contributed by atoms with Crippen molar-refractivity contribution in [3.8, 4) is 5.75 Å². The van der Waals surface area contributed by atoms with E-state index in [1.165, 1.54) is 5.56 Å². The van der Waals surface area contributed by atoms with E-state index in [-0.39, 0.29) is 11.1 Å². The second kappa shape index (κ2) is 7.98. The number of thioether (sulfide) groups is 1. The normalized spacial score (nSPS) is 15.5. The van der Waals surface area contributed by atoms with Crippen LogP contribution in [0.3, 0.4) is 0 Å². The molecule has 2 heterocycles. The van der Waals surface area contributed by atoms with Gasteiger partial charge in [0.15, 0.2) is 0 Å². The monoisotopic (exact) mass is 354 g/mol. The Kier molecular flexibility index (Phi) is 5.50. The number of aryl methyl sites for hydroxylation is 1. The lowest BCUT2D eigenvalue weighted by atomic mass is 10.1. The highest BCUT2D eigenvalue weighted by atomic mass is 32.2. The standard InChI is InChI=1S/C19H18N2O3S/c1-2-14-4-3-10-20-16(14)9-11-24-15-7-5-13(6-8-15)12-17-18(22)21-19(23)25-17/h3-8,10,12H,2,9,11H2,1H3,(H,21,22,23). The second-order valence-corrected chi connectivity index (χ2v) is 6.50. The van der Waals surface area contributed by atoms with Crippen LogP contribution in [0.25, 0.3) is 6.08 Å². The molecule has 0 unspecified atom stereocenters. The molecule has 3 rings (SSSR count). The molecule has 6 heteroatoms. The molecule has 1 aromatic carbocycles. The number of imide groups is 1. The first-order valence-corrected chi connectivity index (χ1v) is 8.88. The molecule has 0 saturated carbocycles. The lowest BCUT2D eigenvalue weighted by Crippen LogP contribution is -2.17. The van der Waals surface area contributed by atoms with E-state index in [0.717, 1.165) is 41.6 Å². The molecule has 0 spiro atoms. The molecular weight excluding hydrogens is 336 g/mol. The highest BCUT2D eigenvalue weighted by Crippen LogP contribution is 2.26. The minimum absolute atomic E-state index is 0.336. The third-order valence-electron chi connectivity index (χ3n) is 3.79. The van der Waals surface area contributed by atoms with E-state index < -0.39 is 0 Å². The molecule has 0 aliphatic carbocycles. The summed E-state index contributed by atoms with van der Waals surface area (Å²) >= 11 is 0.911. The van der Waals surface area contributed by atoms with Crippen LogP contribution >= 0.6 is 11.8 Å². The Bertz CT molecular complexity index is 816. The van der Waals surface area contributed by atoms with Gasteiger partial charge in [-0.05, 0) is 53.6 Å². The molecule has 1 fully saturated rings. The summed E-state index contributed by atoms with van der Waals surface area (Å²) < 4.78 is 5.77. The zero-order chi connectivity index (χ0) is 17.6. The van der Waals surface area contributed by atoms with Crippen LogP contribution in [-0.4, -0.2) is 22.7 Å². The lowest BCUT2D eigenvalue weighted by Gasteiger charge is -2.08. The molecule has 0 atom stereocenters. The number of ether oxygens (including phenoxy) is 1. The van der Waals surface area contributed by atoms with Crippen molar-refractivity contribution < 1.29 is 14.3 Å². The Balaban J connectivity index is 1.57. The molecule has 2 aromatic rings. The van der Waals surface area contributed by atoms with Crippen molar-refractivity contribution in [3.63, 3.8) is 0 Å². The van der Waals surface area contributed by atoms with E-state index in [1.54, 1.807) is 12.3 Å². The van der Waals surface area contributed by atoms with Gasteiger partial charge in [-0.3, -0.25) is 19.9 Å². The Morgan fingerprint density at radius 2 is 2.00 bits per heavy atom. The Morgan fingerprint density at radius 3 is 2.68 bits per heavy atom. The Morgan fingerprint density at radius 1 is 1.20 bits per heavy atom. The second-order valence-electron chi connectivity index (χ2n) is 5.48. The molecule has 1 N–H and O–H groups in total. The van der Waals surface area contributed by atoms with Crippen LogP contribution in [0.2, 0.25) is 0 Å². The van der Waals surface area contributed by atoms with Crippen LogP contribution < -0.4 is 10.1 Å². The maximum Gasteiger partial charge on any atom is 0.290 e. The van der Waals surface area contributed by atoms with Gasteiger partial charge in [0.1, 0.15) is 5.75 Å². The summed E-state index contributed by atoms with van der Waals surface area (Å²) in [6, 6.07) is 11.5. The van der Waals surface area contributed by atoms with Gasteiger partial charge >= 0.3 is 0 Å². The number of nitrogens with zero attached hydrogens (tertiary/aromatic N) is 1. The van der Waals surface area contributed by atoms with E-state index >= 15 is 0 Å². The molecule has 0 bridgehead atoms. The van der Waals surface area contributed by atoms with Crippen LogP contribution in [0.5, 0.6) is 5.75 Å². The van der Waals surface area contributed by atoms with Gasteiger partial charge in [-0.2, -0.15) is 0 Å². The predicted molar refractivity (Wildman–Crippen MR) is 98.4 cm³/mol. The average Bonchev–Trinajstić information content (AvgIpc) is 2.94. The van der Waals surface area contributed by atoms with Gasteiger partial charge < -0.3 is 4.74 Å². The first-order valence-electron chi connectivity index (χ1n) is 8.06. The molecule has 0 radical (unpaired) electrons. The van der Waals surface area contributed by atoms with E-state index in [9.17, 15) is 9.59 Å². The van der Waals surface area contributed by atoms with Crippen LogP contribution in [0.15, 0.2) is 47.5 Å². The molecule has 1 aliphatic rings.